The van der Waals surface area contributed by atoms with Crippen LogP contribution in [0.25, 0.3) is 5.69 Å². The van der Waals surface area contributed by atoms with Crippen LogP contribution in [0.4, 0.5) is 11.4 Å². The van der Waals surface area contributed by atoms with E-state index in [9.17, 15) is 29.9 Å². The van der Waals surface area contributed by atoms with E-state index in [0.717, 1.165) is 6.07 Å². The van der Waals surface area contributed by atoms with Crippen molar-refractivity contribution in [1.82, 2.24) is 4.57 Å². The Morgan fingerprint density at radius 3 is 2.22 bits per heavy atom. The number of aromatic nitrogens is 1. The highest BCUT2D eigenvalue weighted by Crippen LogP contribution is 2.32. The van der Waals surface area contributed by atoms with Gasteiger partial charge in [-0.15, -0.1) is 0 Å². The zero-order valence-corrected chi connectivity index (χ0v) is 17.4. The van der Waals surface area contributed by atoms with E-state index in [1.807, 2.05) is 0 Å². The molecule has 1 heterocycles. The summed E-state index contributed by atoms with van der Waals surface area (Å²) in [5.41, 5.74) is 2.28. The van der Waals surface area contributed by atoms with Crippen LogP contribution in [0.3, 0.4) is 0 Å². The molecule has 2 N–H and O–H groups in total. The molecule has 0 amide bonds. The van der Waals surface area contributed by atoms with E-state index in [1.165, 1.54) is 43.7 Å². The fraction of sp³-hybridized carbons (Fsp3) is 0.136. The zero-order valence-electron chi connectivity index (χ0n) is 17.4. The Bertz CT molecular complexity index is 1240. The SMILES string of the molecule is COc1ccc([N+](=O)[O-])cc1N=Cc1cc(C)n(-c2cc(C(=O)O)cc(C(=O)O)c2)c1C. The third-order valence-electron chi connectivity index (χ3n) is 4.86. The highest BCUT2D eigenvalue weighted by molar-refractivity contribution is 5.95. The van der Waals surface area contributed by atoms with Crippen molar-refractivity contribution in [2.75, 3.05) is 7.11 Å². The van der Waals surface area contributed by atoms with Crippen LogP contribution in [0.2, 0.25) is 0 Å². The number of non-ortho nitro benzene ring substituents is 1. The third-order valence-corrected chi connectivity index (χ3v) is 4.86. The molecule has 10 nitrogen and oxygen atoms in total. The number of methoxy groups -OCH3 is 1. The van der Waals surface area contributed by atoms with Crippen molar-refractivity contribution >= 4 is 29.5 Å². The second-order valence-corrected chi connectivity index (χ2v) is 6.91. The van der Waals surface area contributed by atoms with E-state index in [4.69, 9.17) is 4.74 Å². The lowest BCUT2D eigenvalue weighted by Crippen LogP contribution is -2.07. The molecule has 0 saturated carbocycles. The summed E-state index contributed by atoms with van der Waals surface area (Å²) in [5.74, 6) is -2.12. The highest BCUT2D eigenvalue weighted by atomic mass is 16.6. The predicted octanol–water partition coefficient (Wildman–Crippen LogP) is 4.16. The van der Waals surface area contributed by atoms with E-state index in [1.54, 1.807) is 24.5 Å². The van der Waals surface area contributed by atoms with Gasteiger partial charge in [0.25, 0.3) is 5.69 Å². The normalized spacial score (nSPS) is 11.0. The Kier molecular flexibility index (Phi) is 6.06. The summed E-state index contributed by atoms with van der Waals surface area (Å²) < 4.78 is 6.93. The second-order valence-electron chi connectivity index (χ2n) is 6.91. The smallest absolute Gasteiger partial charge is 0.335 e. The average molecular weight is 437 g/mol. The molecule has 2 aromatic carbocycles. The van der Waals surface area contributed by atoms with Crippen LogP contribution in [0.5, 0.6) is 5.75 Å². The third kappa shape index (κ3) is 4.33. The number of aromatic carboxylic acids is 2. The second kappa shape index (κ2) is 8.72. The number of nitro groups is 1. The molecule has 0 aliphatic heterocycles. The highest BCUT2D eigenvalue weighted by Gasteiger charge is 2.16. The largest absolute Gasteiger partial charge is 0.494 e. The van der Waals surface area contributed by atoms with E-state index < -0.39 is 16.9 Å². The molecule has 0 atom stereocenters. The fourth-order valence-corrected chi connectivity index (χ4v) is 3.33. The predicted molar refractivity (Wildman–Crippen MR) is 116 cm³/mol. The molecule has 0 radical (unpaired) electrons. The van der Waals surface area contributed by atoms with Crippen molar-refractivity contribution in [2.24, 2.45) is 4.99 Å². The van der Waals surface area contributed by atoms with E-state index >= 15 is 0 Å². The summed E-state index contributed by atoms with van der Waals surface area (Å²) >= 11 is 0. The summed E-state index contributed by atoms with van der Waals surface area (Å²) in [6, 6.07) is 9.73. The summed E-state index contributed by atoms with van der Waals surface area (Å²) in [6.07, 6.45) is 1.51. The molecule has 164 valence electrons. The van der Waals surface area contributed by atoms with Gasteiger partial charge in [0, 0.05) is 41.0 Å². The van der Waals surface area contributed by atoms with Crippen LogP contribution in [-0.2, 0) is 0 Å². The summed E-state index contributed by atoms with van der Waals surface area (Å²) in [5, 5.41) is 29.8. The van der Waals surface area contributed by atoms with Crippen LogP contribution >= 0.6 is 0 Å². The Labute approximate surface area is 182 Å². The van der Waals surface area contributed by atoms with Crippen molar-refractivity contribution in [1.29, 1.82) is 0 Å². The number of nitrogens with zero attached hydrogens (tertiary/aromatic N) is 3. The topological polar surface area (TPSA) is 144 Å². The first-order valence-corrected chi connectivity index (χ1v) is 9.30. The van der Waals surface area contributed by atoms with Gasteiger partial charge in [-0.2, -0.15) is 0 Å². The maximum atomic E-state index is 11.4. The molecular formula is C22H19N3O7. The van der Waals surface area contributed by atoms with Gasteiger partial charge < -0.3 is 19.5 Å². The van der Waals surface area contributed by atoms with Crippen molar-refractivity contribution in [2.45, 2.75) is 13.8 Å². The molecule has 0 saturated heterocycles. The Morgan fingerprint density at radius 1 is 1.06 bits per heavy atom. The summed E-state index contributed by atoms with van der Waals surface area (Å²) in [7, 11) is 1.43. The molecule has 3 rings (SSSR count). The van der Waals surface area contributed by atoms with Gasteiger partial charge in [0.05, 0.1) is 23.2 Å². The minimum absolute atomic E-state index is 0.130. The van der Waals surface area contributed by atoms with Gasteiger partial charge in [-0.25, -0.2) is 9.59 Å². The first kappa shape index (κ1) is 22.2. The summed E-state index contributed by atoms with van der Waals surface area (Å²) in [4.78, 5) is 37.8. The maximum absolute atomic E-state index is 11.4. The molecule has 0 spiro atoms. The monoisotopic (exact) mass is 437 g/mol. The lowest BCUT2D eigenvalue weighted by Gasteiger charge is -2.12. The first-order valence-electron chi connectivity index (χ1n) is 9.30. The number of carboxylic acids is 2. The molecule has 0 aliphatic rings. The standard InChI is InChI=1S/C22H19N3O7/c1-12-6-16(11-23-19-10-17(25(30)31)4-5-20(19)32-3)13(2)24(12)18-8-14(21(26)27)7-15(9-18)22(28)29/h4-11H,1-3H3,(H,26,27)(H,28,29). The maximum Gasteiger partial charge on any atom is 0.335 e. The molecule has 0 aliphatic carbocycles. The molecular weight excluding hydrogens is 418 g/mol. The number of hydrogen-bond donors (Lipinski definition) is 2. The molecule has 0 bridgehead atoms. The average Bonchev–Trinajstić information content (AvgIpc) is 3.04. The van der Waals surface area contributed by atoms with Gasteiger partial charge in [0.1, 0.15) is 11.4 Å². The Hall–Kier alpha value is -4.47. The van der Waals surface area contributed by atoms with Gasteiger partial charge in [-0.1, -0.05) is 0 Å². The van der Waals surface area contributed by atoms with Gasteiger partial charge in [-0.3, -0.25) is 15.1 Å². The number of benzene rings is 2. The van der Waals surface area contributed by atoms with E-state index in [2.05, 4.69) is 4.99 Å². The van der Waals surface area contributed by atoms with Crippen molar-refractivity contribution in [3.05, 3.63) is 80.7 Å². The van der Waals surface area contributed by atoms with Gasteiger partial charge in [-0.05, 0) is 44.2 Å². The molecule has 1 aromatic heterocycles. The minimum Gasteiger partial charge on any atom is -0.494 e. The number of hydrogen-bond acceptors (Lipinski definition) is 6. The van der Waals surface area contributed by atoms with Crippen LogP contribution in [-0.4, -0.2) is 45.0 Å². The number of aliphatic imine (C=N–C) groups is 1. The lowest BCUT2D eigenvalue weighted by atomic mass is 10.1. The van der Waals surface area contributed by atoms with Crippen LogP contribution in [0.15, 0.2) is 47.5 Å². The van der Waals surface area contributed by atoms with Gasteiger partial charge >= 0.3 is 11.9 Å². The van der Waals surface area contributed by atoms with Gasteiger partial charge in [0.15, 0.2) is 0 Å². The lowest BCUT2D eigenvalue weighted by molar-refractivity contribution is -0.384. The zero-order chi connectivity index (χ0) is 23.6. The Morgan fingerprint density at radius 2 is 1.69 bits per heavy atom. The number of rotatable bonds is 7. The number of carbonyl (C=O) groups is 2. The van der Waals surface area contributed by atoms with Crippen molar-refractivity contribution in [3.63, 3.8) is 0 Å². The van der Waals surface area contributed by atoms with Gasteiger partial charge in [0.2, 0.25) is 0 Å². The van der Waals surface area contributed by atoms with Crippen molar-refractivity contribution in [3.8, 4) is 11.4 Å². The molecule has 3 aromatic rings. The number of nitro benzene ring substituents is 1. The van der Waals surface area contributed by atoms with Crippen molar-refractivity contribution < 1.29 is 29.5 Å². The number of aryl methyl sites for hydroxylation is 1. The molecule has 0 unspecified atom stereocenters. The fourth-order valence-electron chi connectivity index (χ4n) is 3.33. The van der Waals surface area contributed by atoms with Crippen LogP contribution in [0.1, 0.15) is 37.7 Å². The van der Waals surface area contributed by atoms with E-state index in [-0.39, 0.29) is 22.5 Å². The van der Waals surface area contributed by atoms with Crippen LogP contribution < -0.4 is 4.74 Å². The summed E-state index contributed by atoms with van der Waals surface area (Å²) in [6.45, 7) is 3.55. The van der Waals surface area contributed by atoms with Crippen LogP contribution in [0, 0.1) is 24.0 Å². The Balaban J connectivity index is 2.08. The number of carboxylic acid groups (broad SMARTS) is 2. The molecule has 32 heavy (non-hydrogen) atoms. The minimum atomic E-state index is -1.24. The van der Waals surface area contributed by atoms with E-state index in [0.29, 0.717) is 28.4 Å². The first-order chi connectivity index (χ1) is 15.1. The molecule has 0 fully saturated rings. The molecule has 10 heteroatoms. The quantitative estimate of drug-likeness (QED) is 0.321. The number of ether oxygens (including phenoxy) is 1.